The first kappa shape index (κ1) is 19.0. The lowest BCUT2D eigenvalue weighted by Crippen LogP contribution is -2.24. The molecule has 134 valence electrons. The van der Waals surface area contributed by atoms with Crippen LogP contribution in [0.15, 0.2) is 42.5 Å². The molecule has 0 spiro atoms. The summed E-state index contributed by atoms with van der Waals surface area (Å²) in [7, 11) is 5.22. The molecule has 2 aliphatic rings. The number of hydrogen-bond acceptors (Lipinski definition) is 4. The zero-order valence-electron chi connectivity index (χ0n) is 14.2. The van der Waals surface area contributed by atoms with Crippen LogP contribution in [0.5, 0.6) is 0 Å². The van der Waals surface area contributed by atoms with Gasteiger partial charge >= 0.3 is 12.3 Å². The molecule has 25 heavy (non-hydrogen) atoms. The first-order valence-corrected chi connectivity index (χ1v) is 10.1. The van der Waals surface area contributed by atoms with Crippen LogP contribution in [-0.4, -0.2) is 35.7 Å². The van der Waals surface area contributed by atoms with Crippen LogP contribution < -0.4 is 0 Å². The summed E-state index contributed by atoms with van der Waals surface area (Å²) in [5, 5.41) is 10.3. The predicted molar refractivity (Wildman–Crippen MR) is 106 cm³/mol. The van der Waals surface area contributed by atoms with Crippen LogP contribution in [0.3, 0.4) is 0 Å². The molecule has 1 heterocycles. The number of ether oxygens (including phenoxy) is 1. The van der Waals surface area contributed by atoms with Gasteiger partial charge in [0.25, 0.3) is 0 Å². The minimum Gasteiger partial charge on any atom is -0.462 e. The Morgan fingerprint density at radius 2 is 2.12 bits per heavy atom. The smallest absolute Gasteiger partial charge is 0.336 e. The van der Waals surface area contributed by atoms with Crippen molar-refractivity contribution in [2.75, 3.05) is 0 Å². The number of aliphatic hydroxyl groups is 1. The molecule has 0 aromatic heterocycles. The normalized spacial score (nSPS) is 29.6. The van der Waals surface area contributed by atoms with E-state index in [9.17, 15) is 9.90 Å². The van der Waals surface area contributed by atoms with Crippen LogP contribution in [-0.2, 0) is 20.6 Å². The van der Waals surface area contributed by atoms with E-state index in [4.69, 9.17) is 9.39 Å². The van der Waals surface area contributed by atoms with Crippen molar-refractivity contribution in [3.63, 3.8) is 0 Å². The molecule has 7 heteroatoms. The molecule has 0 radical (unpaired) electrons. The summed E-state index contributed by atoms with van der Waals surface area (Å²) in [6.07, 6.45) is 6.01. The van der Waals surface area contributed by atoms with Gasteiger partial charge in [-0.25, -0.2) is 0 Å². The van der Waals surface area contributed by atoms with Crippen molar-refractivity contribution in [3.05, 3.63) is 48.0 Å². The molecule has 1 aliphatic heterocycles. The molecule has 0 bridgehead atoms. The van der Waals surface area contributed by atoms with Crippen molar-refractivity contribution >= 4 is 30.6 Å². The Bertz CT molecular complexity index is 610. The van der Waals surface area contributed by atoms with Gasteiger partial charge in [-0.15, -0.1) is 18.2 Å². The molecular weight excluding hydrogens is 353 g/mol. The second kappa shape index (κ2) is 8.78. The van der Waals surface area contributed by atoms with Gasteiger partial charge in [-0.05, 0) is 18.4 Å². The molecule has 1 saturated heterocycles. The lowest BCUT2D eigenvalue weighted by atomic mass is 9.91. The molecule has 3 unspecified atom stereocenters. The van der Waals surface area contributed by atoms with Crippen molar-refractivity contribution in [1.82, 2.24) is 0 Å². The second-order valence-corrected chi connectivity index (χ2v) is 8.91. The Kier molecular flexibility index (Phi) is 6.69. The third-order valence-electron chi connectivity index (χ3n) is 5.01. The molecule has 3 rings (SSSR count). The monoisotopic (exact) mass is 378 g/mol. The van der Waals surface area contributed by atoms with E-state index in [1.807, 2.05) is 30.4 Å². The van der Waals surface area contributed by atoms with Gasteiger partial charge in [-0.1, -0.05) is 42.5 Å². The van der Waals surface area contributed by atoms with E-state index in [0.717, 1.165) is 12.8 Å². The number of hydrogen-bond donors (Lipinski definition) is 1. The van der Waals surface area contributed by atoms with Gasteiger partial charge < -0.3 is 14.5 Å². The lowest BCUT2D eigenvalue weighted by molar-refractivity contribution is -0.141. The van der Waals surface area contributed by atoms with E-state index < -0.39 is 6.10 Å². The summed E-state index contributed by atoms with van der Waals surface area (Å²) in [6.45, 7) is 0. The zero-order chi connectivity index (χ0) is 17.8. The number of rotatable bonds is 7. The summed E-state index contributed by atoms with van der Waals surface area (Å²) < 4.78 is 11.4. The lowest BCUT2D eigenvalue weighted by Gasteiger charge is -2.22. The summed E-state index contributed by atoms with van der Waals surface area (Å²) >= 11 is 0. The summed E-state index contributed by atoms with van der Waals surface area (Å²) in [4.78, 5) is 11.6. The number of aryl methyl sites for hydroxylation is 1. The van der Waals surface area contributed by atoms with Crippen molar-refractivity contribution in [1.29, 1.82) is 0 Å². The van der Waals surface area contributed by atoms with E-state index in [1.54, 1.807) is 0 Å². The summed E-state index contributed by atoms with van der Waals surface area (Å²) in [6, 6.07) is 10.2. The maximum Gasteiger partial charge on any atom is 0.336 e. The molecule has 2 fully saturated rings. The van der Waals surface area contributed by atoms with Crippen molar-refractivity contribution in [2.45, 2.75) is 44.0 Å². The second-order valence-electron chi connectivity index (χ2n) is 6.83. The van der Waals surface area contributed by atoms with Crippen LogP contribution in [0, 0.1) is 11.8 Å². The molecular formula is C18H25BO4P2. The summed E-state index contributed by atoms with van der Waals surface area (Å²) in [5.74, 6) is 0.139. The van der Waals surface area contributed by atoms with E-state index in [-0.39, 0.29) is 36.4 Å². The zero-order valence-corrected chi connectivity index (χ0v) is 16.5. The highest BCUT2D eigenvalue weighted by atomic mass is 31.1. The number of benzene rings is 1. The Labute approximate surface area is 154 Å². The van der Waals surface area contributed by atoms with Gasteiger partial charge in [-0.2, -0.15) is 0 Å². The third kappa shape index (κ3) is 5.14. The Hall–Kier alpha value is -0.725. The van der Waals surface area contributed by atoms with E-state index in [2.05, 4.69) is 30.4 Å². The number of esters is 1. The maximum atomic E-state index is 11.6. The molecule has 1 N–H and O–H groups in total. The number of fused-ring (bicyclic) bond motifs is 1. The average Bonchev–Trinajstić information content (AvgIpc) is 3.07. The fourth-order valence-electron chi connectivity index (χ4n) is 3.82. The maximum absolute atomic E-state index is 11.6. The van der Waals surface area contributed by atoms with Crippen LogP contribution in [0.4, 0.5) is 0 Å². The highest BCUT2D eigenvalue weighted by Gasteiger charge is 2.49. The first-order chi connectivity index (χ1) is 12.0. The minimum absolute atomic E-state index is 0.0145. The van der Waals surface area contributed by atoms with Gasteiger partial charge in [0, 0.05) is 18.3 Å². The average molecular weight is 378 g/mol. The van der Waals surface area contributed by atoms with Gasteiger partial charge in [-0.3, -0.25) is 4.79 Å². The van der Waals surface area contributed by atoms with Gasteiger partial charge in [0.2, 0.25) is 0 Å². The topological polar surface area (TPSA) is 55.8 Å². The number of carbonyl (C=O) groups excluding carboxylic acids is 1. The quantitative estimate of drug-likeness (QED) is 0.343. The summed E-state index contributed by atoms with van der Waals surface area (Å²) in [5.41, 5.74) is 1.22. The van der Waals surface area contributed by atoms with E-state index >= 15 is 0 Å². The van der Waals surface area contributed by atoms with Crippen LogP contribution in [0.25, 0.3) is 0 Å². The standard InChI is InChI=1S/C18H25BO4P2/c20-13(7-6-12-4-2-1-3-5-12)8-9-14-15-10-18(21)22-16(15)11-17(14)23-19(24)25/h1-5,8-9,13-17,20H,6-7,10-11,24-25H2/t13-,14+,15+,16?,17+/m0/s1. The number of carbonyl (C=O) groups is 1. The van der Waals surface area contributed by atoms with Crippen LogP contribution in [0.2, 0.25) is 0 Å². The van der Waals surface area contributed by atoms with Gasteiger partial charge in [0.05, 0.1) is 18.6 Å². The molecule has 1 aromatic rings. The Balaban J connectivity index is 1.59. The molecule has 7 atom stereocenters. The third-order valence-corrected chi connectivity index (χ3v) is 5.32. The van der Waals surface area contributed by atoms with E-state index in [0.29, 0.717) is 12.8 Å². The molecule has 1 aliphatic carbocycles. The van der Waals surface area contributed by atoms with E-state index in [1.165, 1.54) is 5.56 Å². The largest absolute Gasteiger partial charge is 0.462 e. The Morgan fingerprint density at radius 3 is 2.84 bits per heavy atom. The molecule has 1 saturated carbocycles. The minimum atomic E-state index is -0.499. The predicted octanol–water partition coefficient (Wildman–Crippen LogP) is 2.61. The first-order valence-electron chi connectivity index (χ1n) is 8.79. The fraction of sp³-hybridized carbons (Fsp3) is 0.500. The molecule has 0 amide bonds. The molecule has 4 nitrogen and oxygen atoms in total. The van der Waals surface area contributed by atoms with Crippen molar-refractivity contribution in [3.8, 4) is 0 Å². The fourth-order valence-corrected chi connectivity index (χ4v) is 4.23. The highest BCUT2D eigenvalue weighted by molar-refractivity contribution is 7.92. The van der Waals surface area contributed by atoms with Crippen molar-refractivity contribution < 1.29 is 19.3 Å². The number of aliphatic hydroxyl groups excluding tert-OH is 1. The van der Waals surface area contributed by atoms with Crippen LogP contribution >= 0.6 is 18.2 Å². The van der Waals surface area contributed by atoms with Crippen molar-refractivity contribution in [2.24, 2.45) is 11.8 Å². The van der Waals surface area contributed by atoms with Gasteiger partial charge in [0.15, 0.2) is 0 Å². The Morgan fingerprint density at radius 1 is 1.36 bits per heavy atom. The van der Waals surface area contributed by atoms with Gasteiger partial charge in [0.1, 0.15) is 6.10 Å². The molecule has 1 aromatic carbocycles. The SMILES string of the molecule is O=C1C[C@H]2C(C[C@@H](OB(P)P)[C@@H]2C=C[C@@H](O)CCc2ccccc2)O1. The highest BCUT2D eigenvalue weighted by Crippen LogP contribution is 2.44. The van der Waals surface area contributed by atoms with Crippen LogP contribution in [0.1, 0.15) is 24.8 Å².